The smallest absolute Gasteiger partial charge is 0.270 e. The summed E-state index contributed by atoms with van der Waals surface area (Å²) in [5.41, 5.74) is -1.07. The van der Waals surface area contributed by atoms with E-state index in [0.29, 0.717) is 0 Å². The molecule has 0 radical (unpaired) electrons. The molecular formula is C21H24F3N3O4. The molecule has 2 N–H and O–H groups in total. The minimum Gasteiger partial charge on any atom is -0.496 e. The number of aliphatic hydroxyl groups excluding tert-OH is 1. The highest BCUT2D eigenvalue weighted by molar-refractivity contribution is 5.95. The van der Waals surface area contributed by atoms with Gasteiger partial charge in [-0.05, 0) is 25.8 Å². The van der Waals surface area contributed by atoms with Gasteiger partial charge in [0.15, 0.2) is 5.82 Å². The summed E-state index contributed by atoms with van der Waals surface area (Å²) in [4.78, 5) is 20.9. The number of hydrogen-bond acceptors (Lipinski definition) is 6. The van der Waals surface area contributed by atoms with E-state index < -0.39 is 41.3 Å². The maximum Gasteiger partial charge on any atom is 0.270 e. The molecule has 7 nitrogen and oxygen atoms in total. The van der Waals surface area contributed by atoms with Crippen molar-refractivity contribution in [2.45, 2.75) is 51.4 Å². The molecule has 0 bridgehead atoms. The fourth-order valence-corrected chi connectivity index (χ4v) is 3.85. The van der Waals surface area contributed by atoms with Crippen molar-refractivity contribution < 1.29 is 32.5 Å². The van der Waals surface area contributed by atoms with Crippen molar-refractivity contribution in [3.63, 3.8) is 0 Å². The third-order valence-corrected chi connectivity index (χ3v) is 5.72. The first kappa shape index (κ1) is 23.0. The van der Waals surface area contributed by atoms with E-state index in [0.717, 1.165) is 6.07 Å². The number of amides is 1. The average molecular weight is 439 g/mol. The molecular weight excluding hydrogens is 415 g/mol. The van der Waals surface area contributed by atoms with Crippen LogP contribution in [0.15, 0.2) is 24.5 Å². The van der Waals surface area contributed by atoms with E-state index in [1.54, 1.807) is 13.8 Å². The van der Waals surface area contributed by atoms with Gasteiger partial charge in [-0.15, -0.1) is 0 Å². The number of carbonyl (C=O) groups is 1. The normalized spacial score (nSPS) is 22.5. The van der Waals surface area contributed by atoms with Gasteiger partial charge in [0.05, 0.1) is 36.4 Å². The molecule has 2 aromatic rings. The Morgan fingerprint density at radius 3 is 2.52 bits per heavy atom. The number of methoxy groups -OCH3 is 1. The summed E-state index contributed by atoms with van der Waals surface area (Å²) in [6.45, 7) is 5.08. The molecule has 31 heavy (non-hydrogen) atoms. The Morgan fingerprint density at radius 2 is 1.97 bits per heavy atom. The molecule has 1 aliphatic heterocycles. The molecule has 0 saturated carbocycles. The van der Waals surface area contributed by atoms with Gasteiger partial charge in [-0.1, -0.05) is 13.0 Å². The van der Waals surface area contributed by atoms with Gasteiger partial charge in [-0.3, -0.25) is 4.79 Å². The molecule has 1 saturated heterocycles. The summed E-state index contributed by atoms with van der Waals surface area (Å²) in [6, 6.07) is 2.30. The Bertz CT molecular complexity index is 954. The van der Waals surface area contributed by atoms with Crippen LogP contribution in [0.2, 0.25) is 0 Å². The van der Waals surface area contributed by atoms with Crippen molar-refractivity contribution in [2.75, 3.05) is 12.4 Å². The van der Waals surface area contributed by atoms with Gasteiger partial charge in [0.25, 0.3) is 12.3 Å². The van der Waals surface area contributed by atoms with Crippen molar-refractivity contribution in [1.82, 2.24) is 9.97 Å². The van der Waals surface area contributed by atoms with Crippen LogP contribution in [-0.2, 0) is 16.1 Å². The van der Waals surface area contributed by atoms with E-state index in [-0.39, 0.29) is 35.3 Å². The third-order valence-electron chi connectivity index (χ3n) is 5.72. The first-order valence-electron chi connectivity index (χ1n) is 9.65. The van der Waals surface area contributed by atoms with Gasteiger partial charge >= 0.3 is 0 Å². The fourth-order valence-electron chi connectivity index (χ4n) is 3.85. The molecule has 1 aliphatic rings. The molecule has 0 unspecified atom stereocenters. The minimum absolute atomic E-state index is 0.193. The number of anilines is 1. The summed E-state index contributed by atoms with van der Waals surface area (Å²) in [7, 11) is 1.19. The maximum atomic E-state index is 14.1. The lowest BCUT2D eigenvalue weighted by Crippen LogP contribution is -2.33. The monoisotopic (exact) mass is 439 g/mol. The average Bonchev–Trinajstić information content (AvgIpc) is 2.97. The van der Waals surface area contributed by atoms with Crippen molar-refractivity contribution in [3.8, 4) is 5.75 Å². The van der Waals surface area contributed by atoms with Crippen molar-refractivity contribution in [3.05, 3.63) is 47.3 Å². The van der Waals surface area contributed by atoms with E-state index in [1.807, 2.05) is 6.92 Å². The SMILES string of the molecule is COc1c([C@@H]2[C@@H](C(=O)Nc3cnc(CO)nc3)OC(C)(C)[C@@H]2C)ccc(F)c1C(F)F. The Kier molecular flexibility index (Phi) is 6.51. The Balaban J connectivity index is 2.00. The van der Waals surface area contributed by atoms with E-state index in [4.69, 9.17) is 14.6 Å². The molecule has 3 atom stereocenters. The van der Waals surface area contributed by atoms with Crippen LogP contribution in [0.5, 0.6) is 5.75 Å². The summed E-state index contributed by atoms with van der Waals surface area (Å²) < 4.78 is 52.4. The Labute approximate surface area is 177 Å². The Hall–Kier alpha value is -2.72. The number of alkyl halides is 2. The van der Waals surface area contributed by atoms with Gasteiger partial charge in [0.2, 0.25) is 0 Å². The zero-order valence-electron chi connectivity index (χ0n) is 17.5. The van der Waals surface area contributed by atoms with E-state index >= 15 is 0 Å². The quantitative estimate of drug-likeness (QED) is 0.715. The zero-order valence-corrected chi connectivity index (χ0v) is 17.5. The maximum absolute atomic E-state index is 14.1. The molecule has 1 amide bonds. The topological polar surface area (TPSA) is 93.6 Å². The number of benzene rings is 1. The van der Waals surface area contributed by atoms with Crippen molar-refractivity contribution in [1.29, 1.82) is 0 Å². The predicted molar refractivity (Wildman–Crippen MR) is 105 cm³/mol. The van der Waals surface area contributed by atoms with Gasteiger partial charge in [0, 0.05) is 11.5 Å². The molecule has 3 rings (SSSR count). The Morgan fingerprint density at radius 1 is 1.32 bits per heavy atom. The number of nitrogens with one attached hydrogen (secondary N) is 1. The van der Waals surface area contributed by atoms with Crippen LogP contribution >= 0.6 is 0 Å². The van der Waals surface area contributed by atoms with Gasteiger partial charge < -0.3 is 19.9 Å². The predicted octanol–water partition coefficient (Wildman–Crippen LogP) is 3.59. The highest BCUT2D eigenvalue weighted by Gasteiger charge is 2.51. The number of ether oxygens (including phenoxy) is 2. The summed E-state index contributed by atoms with van der Waals surface area (Å²) in [6.07, 6.45) is -1.48. The second-order valence-electron chi connectivity index (χ2n) is 7.88. The molecule has 2 heterocycles. The van der Waals surface area contributed by atoms with Gasteiger partial charge in [0.1, 0.15) is 24.3 Å². The van der Waals surface area contributed by atoms with Crippen LogP contribution in [0.3, 0.4) is 0 Å². The molecule has 168 valence electrons. The standard InChI is InChI=1S/C21H24F3N3O4/c1-10-15(12-5-6-13(22)16(19(23)24)17(12)30-4)18(31-21(10,2)3)20(29)27-11-7-25-14(9-28)26-8-11/h5-8,10,15,18-19,28H,9H2,1-4H3,(H,27,29)/t10-,15-,18+/m1/s1. The van der Waals surface area contributed by atoms with Crippen LogP contribution in [0.4, 0.5) is 18.9 Å². The lowest BCUT2D eigenvalue weighted by molar-refractivity contribution is -0.131. The van der Waals surface area contributed by atoms with E-state index in [1.165, 1.54) is 25.6 Å². The number of rotatable bonds is 6. The highest BCUT2D eigenvalue weighted by Crippen LogP contribution is 2.50. The van der Waals surface area contributed by atoms with Crippen LogP contribution in [0, 0.1) is 11.7 Å². The van der Waals surface area contributed by atoms with E-state index in [9.17, 15) is 18.0 Å². The van der Waals surface area contributed by atoms with Gasteiger partial charge in [-0.25, -0.2) is 23.1 Å². The highest BCUT2D eigenvalue weighted by atomic mass is 19.3. The van der Waals surface area contributed by atoms with Gasteiger partial charge in [-0.2, -0.15) is 0 Å². The van der Waals surface area contributed by atoms with Crippen LogP contribution in [0.25, 0.3) is 0 Å². The molecule has 0 spiro atoms. The number of nitrogens with zero attached hydrogens (tertiary/aromatic N) is 2. The van der Waals surface area contributed by atoms with Crippen LogP contribution < -0.4 is 10.1 Å². The molecule has 1 fully saturated rings. The summed E-state index contributed by atoms with van der Waals surface area (Å²) in [5.74, 6) is -2.68. The first-order valence-corrected chi connectivity index (χ1v) is 9.65. The second kappa shape index (κ2) is 8.80. The molecule has 1 aromatic heterocycles. The number of aliphatic hydroxyl groups is 1. The molecule has 10 heteroatoms. The largest absolute Gasteiger partial charge is 0.496 e. The summed E-state index contributed by atoms with van der Waals surface area (Å²) in [5, 5.41) is 11.7. The minimum atomic E-state index is -3.09. The van der Waals surface area contributed by atoms with Crippen LogP contribution in [-0.4, -0.2) is 39.8 Å². The summed E-state index contributed by atoms with van der Waals surface area (Å²) >= 11 is 0. The first-order chi connectivity index (χ1) is 14.6. The zero-order chi connectivity index (χ0) is 22.9. The van der Waals surface area contributed by atoms with Crippen LogP contribution in [0.1, 0.15) is 50.1 Å². The second-order valence-corrected chi connectivity index (χ2v) is 7.88. The fraction of sp³-hybridized carbons (Fsp3) is 0.476. The lowest BCUT2D eigenvalue weighted by atomic mass is 9.77. The third kappa shape index (κ3) is 4.35. The van der Waals surface area contributed by atoms with Crippen molar-refractivity contribution >= 4 is 11.6 Å². The molecule has 1 aromatic carbocycles. The van der Waals surface area contributed by atoms with Crippen molar-refractivity contribution in [2.24, 2.45) is 5.92 Å². The number of carbonyl (C=O) groups excluding carboxylic acids is 1. The van der Waals surface area contributed by atoms with E-state index in [2.05, 4.69) is 15.3 Å². The number of halogens is 3. The lowest BCUT2D eigenvalue weighted by Gasteiger charge is -2.26. The number of aromatic nitrogens is 2. The number of hydrogen-bond donors (Lipinski definition) is 2. The molecule has 0 aliphatic carbocycles.